The Morgan fingerprint density at radius 3 is 2.71 bits per heavy atom. The zero-order valence-electron chi connectivity index (χ0n) is 11.9. The van der Waals surface area contributed by atoms with Gasteiger partial charge in [0.2, 0.25) is 11.8 Å². The van der Waals surface area contributed by atoms with Gasteiger partial charge in [-0.15, -0.1) is 0 Å². The lowest BCUT2D eigenvalue weighted by Crippen LogP contribution is -2.33. The quantitative estimate of drug-likeness (QED) is 0.280. The van der Waals surface area contributed by atoms with Crippen molar-refractivity contribution in [2.75, 3.05) is 10.7 Å². The number of nitrogen functional groups attached to an aromatic ring is 1. The predicted molar refractivity (Wildman–Crippen MR) is 77.7 cm³/mol. The molecule has 1 aliphatic carbocycles. The molecule has 0 saturated heterocycles. The highest BCUT2D eigenvalue weighted by Crippen LogP contribution is 2.29. The van der Waals surface area contributed by atoms with E-state index < -0.39 is 11.0 Å². The maximum Gasteiger partial charge on any atom is 0.332 e. The lowest BCUT2D eigenvalue weighted by molar-refractivity contribution is -0.385. The van der Waals surface area contributed by atoms with Gasteiger partial charge in [0.1, 0.15) is 5.69 Å². The first-order valence-corrected chi connectivity index (χ1v) is 6.97. The number of aryl methyl sites for hydroxylation is 1. The molecule has 116 valence electrons. The molecule has 1 aromatic rings. The predicted octanol–water partition coefficient (Wildman–Crippen LogP) is 1.08. The van der Waals surface area contributed by atoms with Crippen molar-refractivity contribution in [1.82, 2.24) is 9.97 Å². The number of hydrogen-bond donors (Lipinski definition) is 4. The molecule has 0 aliphatic heterocycles. The zero-order valence-corrected chi connectivity index (χ0v) is 11.9. The number of anilines is 2. The van der Waals surface area contributed by atoms with Crippen molar-refractivity contribution < 1.29 is 10.0 Å². The zero-order chi connectivity index (χ0) is 15.4. The second-order valence-electron chi connectivity index (χ2n) is 5.19. The van der Waals surface area contributed by atoms with Crippen LogP contribution < -0.4 is 16.6 Å². The van der Waals surface area contributed by atoms with E-state index in [0.717, 1.165) is 25.7 Å². The molecule has 2 rings (SSSR count). The van der Waals surface area contributed by atoms with Gasteiger partial charge in [0.05, 0.1) is 17.1 Å². The van der Waals surface area contributed by atoms with Gasteiger partial charge < -0.3 is 10.4 Å². The van der Waals surface area contributed by atoms with E-state index in [1.807, 2.05) is 0 Å². The fourth-order valence-electron chi connectivity index (χ4n) is 2.58. The highest BCUT2D eigenvalue weighted by Gasteiger charge is 2.27. The van der Waals surface area contributed by atoms with Gasteiger partial charge in [-0.3, -0.25) is 15.5 Å². The average molecular weight is 296 g/mol. The minimum absolute atomic E-state index is 0.0893. The van der Waals surface area contributed by atoms with E-state index in [4.69, 9.17) is 5.84 Å². The summed E-state index contributed by atoms with van der Waals surface area (Å²) in [4.78, 5) is 18.6. The van der Waals surface area contributed by atoms with Crippen molar-refractivity contribution in [2.24, 2.45) is 5.84 Å². The van der Waals surface area contributed by atoms with E-state index in [0.29, 0.717) is 6.42 Å². The fraction of sp³-hybridized carbons (Fsp3) is 0.667. The Hall–Kier alpha value is -2.00. The van der Waals surface area contributed by atoms with Crippen LogP contribution in [0.5, 0.6) is 0 Å². The SMILES string of the molecule is Cc1nc(NN)nc(NC2CCCCCC2O)c1[N+](=O)[O-]. The highest BCUT2D eigenvalue weighted by atomic mass is 16.6. The van der Waals surface area contributed by atoms with Gasteiger partial charge in [-0.2, -0.15) is 4.98 Å². The van der Waals surface area contributed by atoms with Gasteiger partial charge in [0.15, 0.2) is 0 Å². The van der Waals surface area contributed by atoms with Crippen molar-refractivity contribution >= 4 is 17.5 Å². The van der Waals surface area contributed by atoms with Gasteiger partial charge in [0.25, 0.3) is 0 Å². The Labute approximate surface area is 122 Å². The van der Waals surface area contributed by atoms with Crippen molar-refractivity contribution in [1.29, 1.82) is 0 Å². The number of rotatable bonds is 4. The minimum Gasteiger partial charge on any atom is -0.391 e. The van der Waals surface area contributed by atoms with Crippen LogP contribution in [0.1, 0.15) is 37.8 Å². The molecule has 0 radical (unpaired) electrons. The molecule has 2 atom stereocenters. The molecule has 9 nitrogen and oxygen atoms in total. The average Bonchev–Trinajstić information content (AvgIpc) is 2.63. The normalized spacial score (nSPS) is 22.4. The van der Waals surface area contributed by atoms with E-state index >= 15 is 0 Å². The van der Waals surface area contributed by atoms with Crippen LogP contribution in [0.25, 0.3) is 0 Å². The van der Waals surface area contributed by atoms with Crippen LogP contribution in [0.2, 0.25) is 0 Å². The van der Waals surface area contributed by atoms with Crippen molar-refractivity contribution in [3.05, 3.63) is 15.8 Å². The molecule has 5 N–H and O–H groups in total. The number of nitro groups is 1. The van der Waals surface area contributed by atoms with Gasteiger partial charge >= 0.3 is 5.69 Å². The molecule has 0 bridgehead atoms. The second kappa shape index (κ2) is 6.64. The molecule has 9 heteroatoms. The Morgan fingerprint density at radius 1 is 1.33 bits per heavy atom. The van der Waals surface area contributed by atoms with E-state index in [-0.39, 0.29) is 29.2 Å². The molecule has 0 spiro atoms. The van der Waals surface area contributed by atoms with Crippen LogP contribution in [-0.4, -0.2) is 32.1 Å². The Kier molecular flexibility index (Phi) is 4.86. The first-order valence-electron chi connectivity index (χ1n) is 6.97. The number of nitrogens with zero attached hydrogens (tertiary/aromatic N) is 3. The summed E-state index contributed by atoms with van der Waals surface area (Å²) in [5, 5.41) is 24.3. The summed E-state index contributed by atoms with van der Waals surface area (Å²) in [5.74, 6) is 5.47. The van der Waals surface area contributed by atoms with Crippen LogP contribution >= 0.6 is 0 Å². The first kappa shape index (κ1) is 15.4. The number of aliphatic hydroxyl groups excluding tert-OH is 1. The molecule has 1 saturated carbocycles. The smallest absolute Gasteiger partial charge is 0.332 e. The summed E-state index contributed by atoms with van der Waals surface area (Å²) in [6.07, 6.45) is 3.85. The van der Waals surface area contributed by atoms with E-state index in [1.54, 1.807) is 0 Å². The minimum atomic E-state index is -0.545. The first-order chi connectivity index (χ1) is 10.0. The molecular formula is C12H20N6O3. The molecule has 1 aliphatic rings. The lowest BCUT2D eigenvalue weighted by Gasteiger charge is -2.22. The van der Waals surface area contributed by atoms with Gasteiger partial charge in [-0.05, 0) is 19.8 Å². The maximum atomic E-state index is 11.2. The van der Waals surface area contributed by atoms with Crippen molar-refractivity contribution in [2.45, 2.75) is 51.2 Å². The molecule has 0 amide bonds. The topological polar surface area (TPSA) is 139 Å². The number of aliphatic hydroxyl groups is 1. The second-order valence-corrected chi connectivity index (χ2v) is 5.19. The number of aromatic nitrogens is 2. The summed E-state index contributed by atoms with van der Waals surface area (Å²) < 4.78 is 0. The van der Waals surface area contributed by atoms with Crippen LogP contribution in [0.3, 0.4) is 0 Å². The van der Waals surface area contributed by atoms with Crippen molar-refractivity contribution in [3.8, 4) is 0 Å². The fourth-order valence-corrected chi connectivity index (χ4v) is 2.58. The Balaban J connectivity index is 2.32. The van der Waals surface area contributed by atoms with Crippen LogP contribution in [0.15, 0.2) is 0 Å². The van der Waals surface area contributed by atoms with Crippen LogP contribution in [0.4, 0.5) is 17.5 Å². The molecule has 21 heavy (non-hydrogen) atoms. The molecule has 1 fully saturated rings. The standard InChI is InChI=1S/C12H20N6O3/c1-7-10(18(20)21)11(16-12(14-7)17-13)15-8-5-3-2-4-6-9(8)19/h8-9,19H,2-6,13H2,1H3,(H2,14,15,16,17). The highest BCUT2D eigenvalue weighted by molar-refractivity contribution is 5.61. The molecule has 0 aromatic carbocycles. The van der Waals surface area contributed by atoms with E-state index in [2.05, 4.69) is 20.7 Å². The molecule has 1 aromatic heterocycles. The van der Waals surface area contributed by atoms with E-state index in [1.165, 1.54) is 6.92 Å². The Morgan fingerprint density at radius 2 is 2.05 bits per heavy atom. The third-order valence-electron chi connectivity index (χ3n) is 3.67. The number of hydrogen-bond acceptors (Lipinski definition) is 8. The molecular weight excluding hydrogens is 276 g/mol. The van der Waals surface area contributed by atoms with Gasteiger partial charge in [-0.25, -0.2) is 10.8 Å². The number of nitrogens with one attached hydrogen (secondary N) is 2. The lowest BCUT2D eigenvalue weighted by atomic mass is 10.1. The summed E-state index contributed by atoms with van der Waals surface area (Å²) in [6, 6.07) is -0.258. The summed E-state index contributed by atoms with van der Waals surface area (Å²) >= 11 is 0. The largest absolute Gasteiger partial charge is 0.391 e. The van der Waals surface area contributed by atoms with Gasteiger partial charge in [0, 0.05) is 0 Å². The third kappa shape index (κ3) is 3.56. The summed E-state index contributed by atoms with van der Waals surface area (Å²) in [6.45, 7) is 1.52. The van der Waals surface area contributed by atoms with E-state index in [9.17, 15) is 15.2 Å². The Bertz CT molecular complexity index is 524. The number of hydrazine groups is 1. The van der Waals surface area contributed by atoms with Crippen molar-refractivity contribution in [3.63, 3.8) is 0 Å². The van der Waals surface area contributed by atoms with Crippen LogP contribution in [0, 0.1) is 17.0 Å². The molecule has 2 unspecified atom stereocenters. The van der Waals surface area contributed by atoms with Gasteiger partial charge in [-0.1, -0.05) is 19.3 Å². The summed E-state index contributed by atoms with van der Waals surface area (Å²) in [5.41, 5.74) is 2.31. The van der Waals surface area contributed by atoms with Crippen LogP contribution in [-0.2, 0) is 0 Å². The molecule has 1 heterocycles. The monoisotopic (exact) mass is 296 g/mol. The summed E-state index contributed by atoms with van der Waals surface area (Å²) in [7, 11) is 0. The third-order valence-corrected chi connectivity index (χ3v) is 3.67. The number of nitrogens with two attached hydrogens (primary N) is 1. The maximum absolute atomic E-state index is 11.2.